The normalized spacial score (nSPS) is 11.9. The van der Waals surface area contributed by atoms with Crippen LogP contribution in [-0.4, -0.2) is 35.0 Å². The molecule has 0 bridgehead atoms. The first-order chi connectivity index (χ1) is 16.3. The monoisotopic (exact) mass is 475 g/mol. The number of hydrogen-bond acceptors (Lipinski definition) is 7. The fourth-order valence-corrected chi connectivity index (χ4v) is 4.85. The standard InChI is InChI=1S/C26H25N3O4S/c1-26(2,3)22-14-34-24(27-22)21-11-16-10-15(6-9-20(16)33-21)13-29-19-8-7-17(31-4)12-18(19)23(28-29)25(30)32-5/h6-12,14H,13H2,1-5H3. The Hall–Kier alpha value is -3.65. The number of carbonyl (C=O) groups excluding carboxylic acids is 1. The lowest BCUT2D eigenvalue weighted by Crippen LogP contribution is -2.11. The van der Waals surface area contributed by atoms with Crippen molar-refractivity contribution < 1.29 is 18.7 Å². The van der Waals surface area contributed by atoms with Gasteiger partial charge in [-0.1, -0.05) is 26.8 Å². The lowest BCUT2D eigenvalue weighted by atomic mass is 9.93. The van der Waals surface area contributed by atoms with E-state index in [9.17, 15) is 4.79 Å². The maximum Gasteiger partial charge on any atom is 0.359 e. The molecule has 0 saturated heterocycles. The van der Waals surface area contributed by atoms with Crippen LogP contribution in [0.2, 0.25) is 0 Å². The van der Waals surface area contributed by atoms with Crippen LogP contribution < -0.4 is 4.74 Å². The van der Waals surface area contributed by atoms with Crippen molar-refractivity contribution in [3.8, 4) is 16.5 Å². The van der Waals surface area contributed by atoms with Crippen LogP contribution >= 0.6 is 11.3 Å². The molecule has 0 unspecified atom stereocenters. The van der Waals surface area contributed by atoms with Crippen molar-refractivity contribution in [2.45, 2.75) is 32.7 Å². The van der Waals surface area contributed by atoms with Crippen molar-refractivity contribution in [3.63, 3.8) is 0 Å². The quantitative estimate of drug-likeness (QED) is 0.288. The molecule has 5 aromatic rings. The van der Waals surface area contributed by atoms with E-state index in [1.54, 1.807) is 29.2 Å². The number of hydrogen-bond donors (Lipinski definition) is 0. The van der Waals surface area contributed by atoms with E-state index in [1.165, 1.54) is 7.11 Å². The van der Waals surface area contributed by atoms with Gasteiger partial charge in [0.15, 0.2) is 16.5 Å². The lowest BCUT2D eigenvalue weighted by molar-refractivity contribution is 0.0595. The molecule has 3 aromatic heterocycles. The zero-order valence-electron chi connectivity index (χ0n) is 19.7. The highest BCUT2D eigenvalue weighted by Gasteiger charge is 2.21. The summed E-state index contributed by atoms with van der Waals surface area (Å²) in [6.07, 6.45) is 0. The van der Waals surface area contributed by atoms with Crippen LogP contribution in [0.25, 0.3) is 32.6 Å². The summed E-state index contributed by atoms with van der Waals surface area (Å²) in [7, 11) is 2.94. The molecule has 174 valence electrons. The van der Waals surface area contributed by atoms with Crippen LogP contribution in [0.5, 0.6) is 5.75 Å². The maximum atomic E-state index is 12.3. The predicted octanol–water partition coefficient (Wildman–Crippen LogP) is 6.05. The minimum Gasteiger partial charge on any atom is -0.497 e. The Morgan fingerprint density at radius 1 is 1.12 bits per heavy atom. The van der Waals surface area contributed by atoms with Crippen molar-refractivity contribution in [1.29, 1.82) is 0 Å². The number of rotatable bonds is 5. The SMILES string of the molecule is COC(=O)c1nn(Cc2ccc3oc(-c4nc(C(C)(C)C)cs4)cc3c2)c2ccc(OC)cc12. The number of nitrogens with zero attached hydrogens (tertiary/aromatic N) is 3. The topological polar surface area (TPSA) is 79.4 Å². The van der Waals surface area contributed by atoms with Gasteiger partial charge in [0.05, 0.1) is 32.0 Å². The Balaban J connectivity index is 1.50. The number of furan rings is 1. The van der Waals surface area contributed by atoms with Crippen molar-refractivity contribution >= 4 is 39.2 Å². The second kappa shape index (κ2) is 8.29. The summed E-state index contributed by atoms with van der Waals surface area (Å²) < 4.78 is 18.1. The van der Waals surface area contributed by atoms with E-state index >= 15 is 0 Å². The summed E-state index contributed by atoms with van der Waals surface area (Å²) in [6, 6.07) is 13.6. The first-order valence-electron chi connectivity index (χ1n) is 10.9. The van der Waals surface area contributed by atoms with Gasteiger partial charge in [-0.25, -0.2) is 9.78 Å². The van der Waals surface area contributed by atoms with E-state index in [1.807, 2.05) is 30.3 Å². The molecule has 2 aromatic carbocycles. The van der Waals surface area contributed by atoms with Gasteiger partial charge >= 0.3 is 5.97 Å². The van der Waals surface area contributed by atoms with Gasteiger partial charge < -0.3 is 13.9 Å². The smallest absolute Gasteiger partial charge is 0.359 e. The maximum absolute atomic E-state index is 12.3. The molecule has 0 fully saturated rings. The molecule has 0 saturated carbocycles. The Morgan fingerprint density at radius 2 is 1.94 bits per heavy atom. The molecule has 3 heterocycles. The summed E-state index contributed by atoms with van der Waals surface area (Å²) in [5, 5.41) is 9.19. The Bertz CT molecular complexity index is 1520. The molecule has 0 aliphatic carbocycles. The number of carbonyl (C=O) groups is 1. The number of methoxy groups -OCH3 is 2. The molecular formula is C26H25N3O4S. The number of thiazole rings is 1. The van der Waals surface area contributed by atoms with Gasteiger partial charge in [-0.3, -0.25) is 4.68 Å². The van der Waals surface area contributed by atoms with Gasteiger partial charge in [0.2, 0.25) is 0 Å². The van der Waals surface area contributed by atoms with Crippen LogP contribution in [0.4, 0.5) is 0 Å². The molecule has 0 amide bonds. The van der Waals surface area contributed by atoms with E-state index in [2.05, 4.69) is 37.3 Å². The van der Waals surface area contributed by atoms with E-state index in [0.717, 1.165) is 38.5 Å². The average Bonchev–Trinajstić information content (AvgIpc) is 3.54. The zero-order chi connectivity index (χ0) is 24.0. The predicted molar refractivity (Wildman–Crippen MR) is 133 cm³/mol. The summed E-state index contributed by atoms with van der Waals surface area (Å²) >= 11 is 1.59. The first-order valence-corrected chi connectivity index (χ1v) is 11.8. The van der Waals surface area contributed by atoms with Crippen LogP contribution in [-0.2, 0) is 16.7 Å². The van der Waals surface area contributed by atoms with Crippen LogP contribution in [0.3, 0.4) is 0 Å². The van der Waals surface area contributed by atoms with Gasteiger partial charge in [0.25, 0.3) is 0 Å². The summed E-state index contributed by atoms with van der Waals surface area (Å²) in [5.41, 5.74) is 3.97. The Kier molecular flexibility index (Phi) is 5.40. The summed E-state index contributed by atoms with van der Waals surface area (Å²) in [4.78, 5) is 17.1. The Labute approximate surface area is 200 Å². The van der Waals surface area contributed by atoms with Gasteiger partial charge in [-0.05, 0) is 42.0 Å². The third-order valence-electron chi connectivity index (χ3n) is 5.73. The Morgan fingerprint density at radius 3 is 2.65 bits per heavy atom. The van der Waals surface area contributed by atoms with Gasteiger partial charge in [-0.15, -0.1) is 11.3 Å². The third-order valence-corrected chi connectivity index (χ3v) is 6.59. The van der Waals surface area contributed by atoms with Crippen molar-refractivity contribution in [1.82, 2.24) is 14.8 Å². The summed E-state index contributed by atoms with van der Waals surface area (Å²) in [6.45, 7) is 6.94. The fraction of sp³-hybridized carbons (Fsp3) is 0.269. The molecule has 0 spiro atoms. The van der Waals surface area contributed by atoms with Gasteiger partial charge in [0, 0.05) is 21.6 Å². The first kappa shape index (κ1) is 22.2. The lowest BCUT2D eigenvalue weighted by Gasteiger charge is -2.13. The van der Waals surface area contributed by atoms with E-state index in [0.29, 0.717) is 17.7 Å². The van der Waals surface area contributed by atoms with Crippen LogP contribution in [0.15, 0.2) is 52.3 Å². The molecule has 8 heteroatoms. The highest BCUT2D eigenvalue weighted by molar-refractivity contribution is 7.13. The average molecular weight is 476 g/mol. The molecule has 0 atom stereocenters. The molecule has 0 aliphatic rings. The minimum atomic E-state index is -0.481. The van der Waals surface area contributed by atoms with E-state index in [-0.39, 0.29) is 11.1 Å². The molecule has 5 rings (SSSR count). The van der Waals surface area contributed by atoms with Crippen molar-refractivity contribution in [2.24, 2.45) is 0 Å². The second-order valence-electron chi connectivity index (χ2n) is 9.15. The zero-order valence-corrected chi connectivity index (χ0v) is 20.5. The number of ether oxygens (including phenoxy) is 2. The molecule has 0 radical (unpaired) electrons. The molecule has 0 aliphatic heterocycles. The molecule has 7 nitrogen and oxygen atoms in total. The summed E-state index contributed by atoms with van der Waals surface area (Å²) in [5.74, 6) is 0.934. The third kappa shape index (κ3) is 3.94. The molecule has 0 N–H and O–H groups in total. The van der Waals surface area contributed by atoms with Gasteiger partial charge in [0.1, 0.15) is 11.3 Å². The molecular weight excluding hydrogens is 450 g/mol. The second-order valence-corrected chi connectivity index (χ2v) is 10.0. The van der Waals surface area contributed by atoms with Crippen LogP contribution in [0.1, 0.15) is 42.5 Å². The number of benzene rings is 2. The molecule has 34 heavy (non-hydrogen) atoms. The van der Waals surface area contributed by atoms with Gasteiger partial charge in [-0.2, -0.15) is 5.10 Å². The number of esters is 1. The van der Waals surface area contributed by atoms with Crippen LogP contribution in [0, 0.1) is 0 Å². The number of fused-ring (bicyclic) bond motifs is 2. The highest BCUT2D eigenvalue weighted by Crippen LogP contribution is 2.34. The number of aromatic nitrogens is 3. The van der Waals surface area contributed by atoms with E-state index in [4.69, 9.17) is 18.9 Å². The van der Waals surface area contributed by atoms with Crippen molar-refractivity contribution in [2.75, 3.05) is 14.2 Å². The highest BCUT2D eigenvalue weighted by atomic mass is 32.1. The van der Waals surface area contributed by atoms with Crippen molar-refractivity contribution in [3.05, 3.63) is 64.8 Å². The fourth-order valence-electron chi connectivity index (χ4n) is 3.85. The van der Waals surface area contributed by atoms with E-state index < -0.39 is 5.97 Å². The largest absolute Gasteiger partial charge is 0.497 e. The minimum absolute atomic E-state index is 0.00641.